The van der Waals surface area contributed by atoms with Gasteiger partial charge < -0.3 is 9.13 Å². The van der Waals surface area contributed by atoms with Crippen molar-refractivity contribution in [2.45, 2.75) is 0 Å². The van der Waals surface area contributed by atoms with Gasteiger partial charge in [0, 0.05) is 32.9 Å². The van der Waals surface area contributed by atoms with E-state index in [1.165, 1.54) is 86.6 Å². The van der Waals surface area contributed by atoms with Crippen LogP contribution in [0.5, 0.6) is 0 Å². The second-order valence-electron chi connectivity index (χ2n) is 16.5. The summed E-state index contributed by atoms with van der Waals surface area (Å²) in [5, 5.41) is 10.4. The van der Waals surface area contributed by atoms with Gasteiger partial charge in [-0.15, -0.1) is 0 Å². The highest BCUT2D eigenvalue weighted by Gasteiger charge is 2.41. The van der Waals surface area contributed by atoms with E-state index in [1.807, 2.05) is 0 Å². The Bertz CT molecular complexity index is 3500. The summed E-state index contributed by atoms with van der Waals surface area (Å²) in [5.74, 6) is 0. The molecule has 0 saturated heterocycles. The van der Waals surface area contributed by atoms with E-state index in [-0.39, 0.29) is 0 Å². The standard InChI is InChI=1S/C60H42N2Si/c1-6-20-43(21-7-1)45-24-18-25-46(40-45)61-56-34-17-16-32-53(56)54-38-36-47(41-58(54)61)62-57-35-19-33-52(44-22-8-2-9-23-44)60(57)55-39-37-51(42-59(55)62)63(48-26-10-3-11-27-48,49-28-12-4-13-29-49)50-30-14-5-15-31-50/h1-42H. The monoisotopic (exact) mass is 818 g/mol. The molecule has 0 radical (unpaired) electrons. The zero-order valence-electron chi connectivity index (χ0n) is 34.6. The lowest BCUT2D eigenvalue weighted by molar-refractivity contribution is 1.16. The molecular weight excluding hydrogens is 777 g/mol. The Labute approximate surface area is 368 Å². The molecule has 2 nitrogen and oxygen atoms in total. The van der Waals surface area contributed by atoms with E-state index < -0.39 is 8.07 Å². The number of benzene rings is 10. The molecule has 0 atom stereocenters. The van der Waals surface area contributed by atoms with Gasteiger partial charge in [0.05, 0.1) is 22.1 Å². The van der Waals surface area contributed by atoms with Crippen LogP contribution < -0.4 is 20.7 Å². The van der Waals surface area contributed by atoms with Crippen molar-refractivity contribution in [3.8, 4) is 33.6 Å². The van der Waals surface area contributed by atoms with Crippen molar-refractivity contribution in [1.29, 1.82) is 0 Å². The molecule has 0 aliphatic carbocycles. The highest BCUT2D eigenvalue weighted by molar-refractivity contribution is 7.20. The maximum atomic E-state index is 2.53. The maximum absolute atomic E-state index is 2.84. The highest BCUT2D eigenvalue weighted by atomic mass is 28.3. The number of hydrogen-bond donors (Lipinski definition) is 0. The molecule has 0 aliphatic heterocycles. The van der Waals surface area contributed by atoms with Crippen LogP contribution in [0.4, 0.5) is 0 Å². The minimum Gasteiger partial charge on any atom is -0.309 e. The van der Waals surface area contributed by atoms with Crippen molar-refractivity contribution < 1.29 is 0 Å². The molecular formula is C60H42N2Si. The van der Waals surface area contributed by atoms with Gasteiger partial charge >= 0.3 is 0 Å². The van der Waals surface area contributed by atoms with Crippen molar-refractivity contribution in [1.82, 2.24) is 9.13 Å². The summed E-state index contributed by atoms with van der Waals surface area (Å²) >= 11 is 0. The van der Waals surface area contributed by atoms with Gasteiger partial charge in [-0.25, -0.2) is 0 Å². The molecule has 0 bridgehead atoms. The molecule has 12 aromatic rings. The summed E-state index contributed by atoms with van der Waals surface area (Å²) < 4.78 is 4.98. The Morgan fingerprint density at radius 2 is 0.730 bits per heavy atom. The molecule has 0 fully saturated rings. The van der Waals surface area contributed by atoms with Gasteiger partial charge in [0.2, 0.25) is 0 Å². The van der Waals surface area contributed by atoms with Crippen LogP contribution in [-0.2, 0) is 0 Å². The van der Waals surface area contributed by atoms with Gasteiger partial charge in [-0.05, 0) is 85.5 Å². The van der Waals surface area contributed by atoms with Crippen LogP contribution in [0.15, 0.2) is 255 Å². The van der Waals surface area contributed by atoms with E-state index in [2.05, 4.69) is 264 Å². The van der Waals surface area contributed by atoms with Crippen molar-refractivity contribution in [3.05, 3.63) is 255 Å². The number of rotatable bonds is 8. The molecule has 2 heterocycles. The Kier molecular flexibility index (Phi) is 8.87. The van der Waals surface area contributed by atoms with E-state index in [4.69, 9.17) is 0 Å². The Morgan fingerprint density at radius 1 is 0.254 bits per heavy atom. The van der Waals surface area contributed by atoms with Gasteiger partial charge in [-0.1, -0.05) is 212 Å². The highest BCUT2D eigenvalue weighted by Crippen LogP contribution is 2.40. The van der Waals surface area contributed by atoms with Crippen molar-refractivity contribution in [2.75, 3.05) is 0 Å². The van der Waals surface area contributed by atoms with Crippen LogP contribution in [-0.4, -0.2) is 17.2 Å². The summed E-state index contributed by atoms with van der Waals surface area (Å²) in [6.07, 6.45) is 0. The average molecular weight is 819 g/mol. The molecule has 0 saturated carbocycles. The first-order valence-corrected chi connectivity index (χ1v) is 23.8. The number of fused-ring (bicyclic) bond motifs is 6. The molecule has 2 aromatic heterocycles. The van der Waals surface area contributed by atoms with Crippen LogP contribution in [0, 0.1) is 0 Å². The Balaban J connectivity index is 1.18. The van der Waals surface area contributed by atoms with Gasteiger partial charge in [-0.2, -0.15) is 0 Å². The van der Waals surface area contributed by atoms with Crippen molar-refractivity contribution in [3.63, 3.8) is 0 Å². The fourth-order valence-corrected chi connectivity index (χ4v) is 15.1. The lowest BCUT2D eigenvalue weighted by Crippen LogP contribution is -2.74. The van der Waals surface area contributed by atoms with E-state index >= 15 is 0 Å². The van der Waals surface area contributed by atoms with Crippen molar-refractivity contribution in [2.24, 2.45) is 0 Å². The van der Waals surface area contributed by atoms with Crippen molar-refractivity contribution >= 4 is 72.4 Å². The summed E-state index contributed by atoms with van der Waals surface area (Å²) in [6.45, 7) is 0. The van der Waals surface area contributed by atoms with Gasteiger partial charge in [-0.3, -0.25) is 0 Å². The second kappa shape index (κ2) is 15.2. The number of para-hydroxylation sites is 1. The summed E-state index contributed by atoms with van der Waals surface area (Å²) in [6, 6.07) is 94.3. The van der Waals surface area contributed by atoms with E-state index in [9.17, 15) is 0 Å². The lowest BCUT2D eigenvalue weighted by Gasteiger charge is -2.34. The average Bonchev–Trinajstić information content (AvgIpc) is 3.88. The predicted octanol–water partition coefficient (Wildman–Crippen LogP) is 12.6. The fraction of sp³-hybridized carbons (Fsp3) is 0. The fourth-order valence-electron chi connectivity index (χ4n) is 10.3. The summed E-state index contributed by atoms with van der Waals surface area (Å²) in [7, 11) is -2.84. The van der Waals surface area contributed by atoms with E-state index in [0.717, 1.165) is 11.4 Å². The molecule has 0 amide bonds. The summed E-state index contributed by atoms with van der Waals surface area (Å²) in [5.41, 5.74) is 11.8. The number of aromatic nitrogens is 2. The zero-order chi connectivity index (χ0) is 41.7. The molecule has 3 heteroatoms. The smallest absolute Gasteiger partial charge is 0.179 e. The van der Waals surface area contributed by atoms with E-state index in [1.54, 1.807) is 0 Å². The minimum absolute atomic E-state index is 1.12. The van der Waals surface area contributed by atoms with Crippen LogP contribution >= 0.6 is 0 Å². The first-order valence-electron chi connectivity index (χ1n) is 21.8. The summed E-state index contributed by atoms with van der Waals surface area (Å²) in [4.78, 5) is 0. The topological polar surface area (TPSA) is 9.86 Å². The van der Waals surface area contributed by atoms with Crippen LogP contribution in [0.2, 0.25) is 0 Å². The third-order valence-corrected chi connectivity index (χ3v) is 17.8. The maximum Gasteiger partial charge on any atom is 0.179 e. The first-order chi connectivity index (χ1) is 31.3. The molecule has 0 N–H and O–H groups in total. The molecule has 0 unspecified atom stereocenters. The molecule has 10 aromatic carbocycles. The lowest BCUT2D eigenvalue weighted by atomic mass is 9.99. The Hall–Kier alpha value is -7.98. The predicted molar refractivity (Wildman–Crippen MR) is 270 cm³/mol. The molecule has 0 aliphatic rings. The molecule has 296 valence electrons. The second-order valence-corrected chi connectivity index (χ2v) is 20.3. The largest absolute Gasteiger partial charge is 0.309 e. The third-order valence-electron chi connectivity index (χ3n) is 13.1. The first kappa shape index (κ1) is 36.8. The molecule has 0 spiro atoms. The van der Waals surface area contributed by atoms with Crippen LogP contribution in [0.25, 0.3) is 77.2 Å². The third kappa shape index (κ3) is 5.93. The molecule has 63 heavy (non-hydrogen) atoms. The SMILES string of the molecule is c1ccc(-c2cccc(-n3c4ccccc4c4ccc(-n5c6cc([Si](c7ccccc7)(c7ccccc7)c7ccccc7)ccc6c6c(-c7ccccc7)cccc65)cc43)c2)cc1. The zero-order valence-corrected chi connectivity index (χ0v) is 35.6. The molecule has 12 rings (SSSR count). The van der Waals surface area contributed by atoms with Gasteiger partial charge in [0.15, 0.2) is 8.07 Å². The quantitative estimate of drug-likeness (QED) is 0.107. The minimum atomic E-state index is -2.84. The van der Waals surface area contributed by atoms with E-state index in [0.29, 0.717) is 0 Å². The number of hydrogen-bond acceptors (Lipinski definition) is 0. The van der Waals surface area contributed by atoms with Gasteiger partial charge in [0.25, 0.3) is 0 Å². The number of nitrogens with zero attached hydrogens (tertiary/aromatic N) is 2. The Morgan fingerprint density at radius 3 is 1.40 bits per heavy atom. The van der Waals surface area contributed by atoms with Gasteiger partial charge in [0.1, 0.15) is 0 Å². The normalized spacial score (nSPS) is 11.8. The van der Waals surface area contributed by atoms with Crippen LogP contribution in [0.3, 0.4) is 0 Å². The van der Waals surface area contributed by atoms with Crippen LogP contribution in [0.1, 0.15) is 0 Å².